The fraction of sp³-hybridized carbons (Fsp3) is 0.846. The molecule has 1 fully saturated rings. The predicted octanol–water partition coefficient (Wildman–Crippen LogP) is 2.61. The Bertz CT molecular complexity index is 300. The standard InChI is InChI=1S/C13H23NO3/c1-9(2)11(15)8-14(10-6-7-10)12(16)17-13(3,4)5/h9-10H,6-8H2,1-5H3. The lowest BCUT2D eigenvalue weighted by Crippen LogP contribution is -2.42. The van der Waals surface area contributed by atoms with E-state index in [1.54, 1.807) is 4.90 Å². The number of carbonyl (C=O) groups excluding carboxylic acids is 2. The molecule has 98 valence electrons. The summed E-state index contributed by atoms with van der Waals surface area (Å²) in [5.74, 6) is 0.0430. The van der Waals surface area contributed by atoms with Crippen LogP contribution in [0.1, 0.15) is 47.5 Å². The van der Waals surface area contributed by atoms with Gasteiger partial charge in [-0.3, -0.25) is 9.69 Å². The lowest BCUT2D eigenvalue weighted by molar-refractivity contribution is -0.123. The van der Waals surface area contributed by atoms with Gasteiger partial charge in [0.2, 0.25) is 0 Å². The van der Waals surface area contributed by atoms with Crippen molar-refractivity contribution in [2.75, 3.05) is 6.54 Å². The molecule has 0 unspecified atom stereocenters. The monoisotopic (exact) mass is 241 g/mol. The topological polar surface area (TPSA) is 46.6 Å². The highest BCUT2D eigenvalue weighted by molar-refractivity contribution is 5.85. The van der Waals surface area contributed by atoms with Crippen molar-refractivity contribution in [1.29, 1.82) is 0 Å². The minimum atomic E-state index is -0.509. The predicted molar refractivity (Wildman–Crippen MR) is 65.8 cm³/mol. The molecule has 0 bridgehead atoms. The number of carbonyl (C=O) groups is 2. The molecule has 1 amide bonds. The molecule has 0 atom stereocenters. The zero-order valence-corrected chi connectivity index (χ0v) is 11.4. The highest BCUT2D eigenvalue weighted by atomic mass is 16.6. The summed E-state index contributed by atoms with van der Waals surface area (Å²) in [6.45, 7) is 9.38. The van der Waals surface area contributed by atoms with Crippen molar-refractivity contribution in [1.82, 2.24) is 4.90 Å². The highest BCUT2D eigenvalue weighted by Crippen LogP contribution is 2.28. The molecule has 1 rings (SSSR count). The van der Waals surface area contributed by atoms with Crippen molar-refractivity contribution in [2.45, 2.75) is 59.1 Å². The average Bonchev–Trinajstić information content (AvgIpc) is 2.93. The molecule has 4 heteroatoms. The number of rotatable bonds is 4. The second-order valence-electron chi connectivity index (χ2n) is 5.96. The molecule has 1 aliphatic rings. The van der Waals surface area contributed by atoms with Crippen LogP contribution in [0.25, 0.3) is 0 Å². The molecule has 17 heavy (non-hydrogen) atoms. The summed E-state index contributed by atoms with van der Waals surface area (Å²) in [5.41, 5.74) is -0.509. The van der Waals surface area contributed by atoms with Gasteiger partial charge in [-0.05, 0) is 33.6 Å². The van der Waals surface area contributed by atoms with Gasteiger partial charge in [0.05, 0.1) is 6.54 Å². The zero-order chi connectivity index (χ0) is 13.2. The van der Waals surface area contributed by atoms with Gasteiger partial charge in [-0.2, -0.15) is 0 Å². The van der Waals surface area contributed by atoms with E-state index < -0.39 is 5.60 Å². The molecule has 0 heterocycles. The molecule has 0 aromatic heterocycles. The molecule has 4 nitrogen and oxygen atoms in total. The van der Waals surface area contributed by atoms with E-state index in [0.717, 1.165) is 12.8 Å². The zero-order valence-electron chi connectivity index (χ0n) is 11.4. The number of ketones is 1. The van der Waals surface area contributed by atoms with Crippen molar-refractivity contribution in [2.24, 2.45) is 5.92 Å². The maximum absolute atomic E-state index is 11.9. The summed E-state index contributed by atoms with van der Waals surface area (Å²) >= 11 is 0. The fourth-order valence-corrected chi connectivity index (χ4v) is 1.40. The summed E-state index contributed by atoms with van der Waals surface area (Å²) in [6, 6.07) is 0.201. The molecule has 0 aliphatic heterocycles. The van der Waals surface area contributed by atoms with Crippen LogP contribution in [0.3, 0.4) is 0 Å². The van der Waals surface area contributed by atoms with E-state index in [1.165, 1.54) is 0 Å². The molecule has 0 aromatic rings. The van der Waals surface area contributed by atoms with Gasteiger partial charge in [0.1, 0.15) is 5.60 Å². The van der Waals surface area contributed by atoms with Crippen LogP contribution in [-0.2, 0) is 9.53 Å². The molecular weight excluding hydrogens is 218 g/mol. The van der Waals surface area contributed by atoms with Crippen molar-refractivity contribution < 1.29 is 14.3 Å². The van der Waals surface area contributed by atoms with Crippen LogP contribution < -0.4 is 0 Å². The third-order valence-electron chi connectivity index (χ3n) is 2.59. The SMILES string of the molecule is CC(C)C(=O)CN(C(=O)OC(C)(C)C)C1CC1. The number of hydrogen-bond acceptors (Lipinski definition) is 3. The number of nitrogens with zero attached hydrogens (tertiary/aromatic N) is 1. The van der Waals surface area contributed by atoms with Crippen LogP contribution in [0.5, 0.6) is 0 Å². The van der Waals surface area contributed by atoms with E-state index in [-0.39, 0.29) is 30.4 Å². The Balaban J connectivity index is 2.60. The molecule has 0 radical (unpaired) electrons. The third-order valence-corrected chi connectivity index (χ3v) is 2.59. The van der Waals surface area contributed by atoms with Gasteiger partial charge in [0.15, 0.2) is 5.78 Å². The molecule has 1 saturated carbocycles. The van der Waals surface area contributed by atoms with Gasteiger partial charge in [0.25, 0.3) is 0 Å². The fourth-order valence-electron chi connectivity index (χ4n) is 1.40. The Labute approximate surface area is 103 Å². The lowest BCUT2D eigenvalue weighted by Gasteiger charge is -2.27. The normalized spacial score (nSPS) is 15.9. The Kier molecular flexibility index (Phi) is 4.17. The van der Waals surface area contributed by atoms with Gasteiger partial charge < -0.3 is 4.74 Å². The number of amides is 1. The third kappa shape index (κ3) is 4.75. The molecule has 0 saturated heterocycles. The molecule has 0 N–H and O–H groups in total. The van der Waals surface area contributed by atoms with Crippen LogP contribution in [-0.4, -0.2) is 35.0 Å². The van der Waals surface area contributed by atoms with Crippen LogP contribution in [0.2, 0.25) is 0 Å². The van der Waals surface area contributed by atoms with E-state index in [4.69, 9.17) is 4.74 Å². The average molecular weight is 241 g/mol. The maximum Gasteiger partial charge on any atom is 0.410 e. The van der Waals surface area contributed by atoms with E-state index in [9.17, 15) is 9.59 Å². The van der Waals surface area contributed by atoms with Crippen molar-refractivity contribution in [3.63, 3.8) is 0 Å². The quantitative estimate of drug-likeness (QED) is 0.760. The van der Waals surface area contributed by atoms with Crippen molar-refractivity contribution in [3.05, 3.63) is 0 Å². The first-order valence-corrected chi connectivity index (χ1v) is 6.23. The highest BCUT2D eigenvalue weighted by Gasteiger charge is 2.36. The van der Waals surface area contributed by atoms with Gasteiger partial charge in [-0.25, -0.2) is 4.79 Å². The first-order valence-electron chi connectivity index (χ1n) is 6.23. The number of Topliss-reactive ketones (excluding diaryl/α,β-unsaturated/α-hetero) is 1. The molecule has 0 aromatic carbocycles. The Morgan fingerprint density at radius 1 is 1.29 bits per heavy atom. The molecule has 1 aliphatic carbocycles. The first kappa shape index (κ1) is 14.0. The summed E-state index contributed by atoms with van der Waals surface area (Å²) in [6.07, 6.45) is 1.59. The second-order valence-corrected chi connectivity index (χ2v) is 5.96. The Hall–Kier alpha value is -1.06. The molecule has 0 spiro atoms. The largest absolute Gasteiger partial charge is 0.444 e. The van der Waals surface area contributed by atoms with E-state index in [0.29, 0.717) is 0 Å². The van der Waals surface area contributed by atoms with Gasteiger partial charge >= 0.3 is 6.09 Å². The minimum absolute atomic E-state index is 0.0429. The van der Waals surface area contributed by atoms with E-state index in [2.05, 4.69) is 0 Å². The van der Waals surface area contributed by atoms with Crippen molar-refractivity contribution in [3.8, 4) is 0 Å². The van der Waals surface area contributed by atoms with Crippen LogP contribution in [0, 0.1) is 5.92 Å². The first-order chi connectivity index (χ1) is 7.70. The Morgan fingerprint density at radius 2 is 1.82 bits per heavy atom. The lowest BCUT2D eigenvalue weighted by atomic mass is 10.1. The maximum atomic E-state index is 11.9. The summed E-state index contributed by atoms with van der Waals surface area (Å²) < 4.78 is 5.32. The van der Waals surface area contributed by atoms with E-state index in [1.807, 2.05) is 34.6 Å². The summed E-state index contributed by atoms with van der Waals surface area (Å²) in [4.78, 5) is 25.2. The smallest absolute Gasteiger partial charge is 0.410 e. The number of ether oxygens (including phenoxy) is 1. The second kappa shape index (κ2) is 5.07. The summed E-state index contributed by atoms with van der Waals surface area (Å²) in [7, 11) is 0. The van der Waals surface area contributed by atoms with Crippen LogP contribution in [0.4, 0.5) is 4.79 Å². The van der Waals surface area contributed by atoms with E-state index >= 15 is 0 Å². The van der Waals surface area contributed by atoms with Crippen LogP contribution >= 0.6 is 0 Å². The van der Waals surface area contributed by atoms with Crippen molar-refractivity contribution >= 4 is 11.9 Å². The Morgan fingerprint density at radius 3 is 2.18 bits per heavy atom. The number of hydrogen-bond donors (Lipinski definition) is 0. The summed E-state index contributed by atoms with van der Waals surface area (Å²) in [5, 5.41) is 0. The van der Waals surface area contributed by atoms with Gasteiger partial charge in [-0.15, -0.1) is 0 Å². The molecular formula is C13H23NO3. The van der Waals surface area contributed by atoms with Crippen LogP contribution in [0.15, 0.2) is 0 Å². The van der Waals surface area contributed by atoms with Gasteiger partial charge in [0, 0.05) is 12.0 Å². The van der Waals surface area contributed by atoms with Gasteiger partial charge in [-0.1, -0.05) is 13.8 Å². The minimum Gasteiger partial charge on any atom is -0.444 e.